The first-order chi connectivity index (χ1) is 9.93. The second-order valence-corrected chi connectivity index (χ2v) is 5.17. The summed E-state index contributed by atoms with van der Waals surface area (Å²) in [7, 11) is 0. The van der Waals surface area contributed by atoms with Gasteiger partial charge in [-0.2, -0.15) is 0 Å². The number of hydrogen-bond acceptors (Lipinski definition) is 6. The van der Waals surface area contributed by atoms with Crippen LogP contribution in [0.4, 0.5) is 0 Å². The summed E-state index contributed by atoms with van der Waals surface area (Å²) in [5.41, 5.74) is 0.445. The van der Waals surface area contributed by atoms with Crippen molar-refractivity contribution in [1.82, 2.24) is 0 Å². The molecule has 1 heterocycles. The molecule has 0 amide bonds. The molecule has 110 valence electrons. The van der Waals surface area contributed by atoms with Crippen LogP contribution in [0.1, 0.15) is 21.3 Å². The van der Waals surface area contributed by atoms with E-state index in [4.69, 9.17) is 20.4 Å². The smallest absolute Gasteiger partial charge is 0.349 e. The molecule has 0 bridgehead atoms. The van der Waals surface area contributed by atoms with Gasteiger partial charge in [-0.3, -0.25) is 0 Å². The number of aliphatic carboxylic acids is 1. The lowest BCUT2D eigenvalue weighted by Gasteiger charge is -2.05. The van der Waals surface area contributed by atoms with Gasteiger partial charge in [0.25, 0.3) is 0 Å². The lowest BCUT2D eigenvalue weighted by Crippen LogP contribution is -2.10. The molecule has 1 atom stereocenters. The number of carboxylic acids is 2. The summed E-state index contributed by atoms with van der Waals surface area (Å²) < 4.78 is 5.60. The number of aliphatic hydroxyl groups is 1. The molecule has 0 saturated carbocycles. The fourth-order valence-corrected chi connectivity index (χ4v) is 2.82. The van der Waals surface area contributed by atoms with Crippen molar-refractivity contribution >= 4 is 39.6 Å². The lowest BCUT2D eigenvalue weighted by molar-refractivity contribution is -0.139. The third-order valence-corrected chi connectivity index (χ3v) is 3.82. The van der Waals surface area contributed by atoms with Crippen LogP contribution in [0.5, 0.6) is 5.75 Å². The van der Waals surface area contributed by atoms with Gasteiger partial charge >= 0.3 is 11.9 Å². The summed E-state index contributed by atoms with van der Waals surface area (Å²) in [4.78, 5) is 21.7. The van der Waals surface area contributed by atoms with E-state index >= 15 is 0 Å². The number of hydrogen-bond donors (Lipinski definition) is 4. The van der Waals surface area contributed by atoms with E-state index in [-0.39, 0.29) is 10.6 Å². The highest BCUT2D eigenvalue weighted by Gasteiger charge is 2.21. The van der Waals surface area contributed by atoms with Crippen molar-refractivity contribution in [2.75, 3.05) is 6.61 Å². The Morgan fingerprint density at radius 2 is 2.10 bits per heavy atom. The molecule has 0 spiro atoms. The normalized spacial score (nSPS) is 12.0. The SMILES string of the molecule is N=CC(O)c1ccc2c(OCC(=O)O)c(C(=O)O)sc2c1. The van der Waals surface area contributed by atoms with E-state index < -0.39 is 24.6 Å². The summed E-state index contributed by atoms with van der Waals surface area (Å²) in [6.07, 6.45) is -0.220. The number of rotatable bonds is 6. The quantitative estimate of drug-likeness (QED) is 0.602. The number of ether oxygens (including phenoxy) is 1. The molecule has 0 aliphatic heterocycles. The van der Waals surface area contributed by atoms with Crippen molar-refractivity contribution in [2.45, 2.75) is 6.10 Å². The molecule has 0 saturated heterocycles. The zero-order valence-electron chi connectivity index (χ0n) is 10.6. The third kappa shape index (κ3) is 3.01. The van der Waals surface area contributed by atoms with Gasteiger partial charge in [-0.1, -0.05) is 6.07 Å². The molecule has 1 aromatic carbocycles. The summed E-state index contributed by atoms with van der Waals surface area (Å²) in [6.45, 7) is -0.642. The van der Waals surface area contributed by atoms with Crippen LogP contribution >= 0.6 is 11.3 Å². The molecule has 0 aliphatic rings. The molecule has 1 unspecified atom stereocenters. The van der Waals surface area contributed by atoms with Crippen molar-refractivity contribution in [2.24, 2.45) is 0 Å². The van der Waals surface area contributed by atoms with Gasteiger partial charge in [0.05, 0.1) is 0 Å². The topological polar surface area (TPSA) is 128 Å². The largest absolute Gasteiger partial charge is 0.479 e. The molecule has 0 fully saturated rings. The van der Waals surface area contributed by atoms with Crippen molar-refractivity contribution in [3.05, 3.63) is 28.6 Å². The zero-order valence-corrected chi connectivity index (χ0v) is 11.4. The average molecular weight is 309 g/mol. The molecule has 4 N–H and O–H groups in total. The number of aliphatic hydroxyl groups excluding tert-OH is 1. The minimum Gasteiger partial charge on any atom is -0.479 e. The summed E-state index contributed by atoms with van der Waals surface area (Å²) in [6, 6.07) is 4.62. The second kappa shape index (κ2) is 5.90. The summed E-state index contributed by atoms with van der Waals surface area (Å²) in [5, 5.41) is 34.9. The Bertz CT molecular complexity index is 723. The van der Waals surface area contributed by atoms with E-state index in [2.05, 4.69) is 0 Å². The molecular formula is C13H11NO6S. The Labute approximate surface area is 122 Å². The maximum atomic E-state index is 11.2. The summed E-state index contributed by atoms with van der Waals surface area (Å²) in [5.74, 6) is -2.42. The molecule has 2 aromatic rings. The van der Waals surface area contributed by atoms with Crippen molar-refractivity contribution in [3.8, 4) is 5.75 Å². The molecule has 8 heteroatoms. The van der Waals surface area contributed by atoms with Crippen LogP contribution in [0.25, 0.3) is 10.1 Å². The maximum Gasteiger partial charge on any atom is 0.349 e. The van der Waals surface area contributed by atoms with Crippen LogP contribution < -0.4 is 4.74 Å². The third-order valence-electron chi connectivity index (χ3n) is 2.70. The zero-order chi connectivity index (χ0) is 15.6. The molecule has 0 aliphatic carbocycles. The van der Waals surface area contributed by atoms with Gasteiger partial charge < -0.3 is 25.5 Å². The predicted octanol–water partition coefficient (Wildman–Crippen LogP) is 1.75. The Hall–Kier alpha value is -2.45. The first kappa shape index (κ1) is 14.9. The standard InChI is InChI=1S/C13H11NO6S/c14-4-8(15)6-1-2-7-9(3-6)21-12(13(18)19)11(7)20-5-10(16)17/h1-4,8,14-15H,5H2,(H,16,17)(H,18,19). The minimum absolute atomic E-state index is 0.000734. The van der Waals surface area contributed by atoms with Crippen LogP contribution in [-0.2, 0) is 4.79 Å². The molecular weight excluding hydrogens is 298 g/mol. The van der Waals surface area contributed by atoms with Gasteiger partial charge in [-0.15, -0.1) is 11.3 Å². The van der Waals surface area contributed by atoms with E-state index in [1.165, 1.54) is 12.1 Å². The molecule has 0 radical (unpaired) electrons. The van der Waals surface area contributed by atoms with E-state index in [9.17, 15) is 14.7 Å². The van der Waals surface area contributed by atoms with Gasteiger partial charge in [-0.05, 0) is 17.7 Å². The first-order valence-electron chi connectivity index (χ1n) is 5.77. The lowest BCUT2D eigenvalue weighted by atomic mass is 10.1. The minimum atomic E-state index is -1.22. The average Bonchev–Trinajstić information content (AvgIpc) is 2.82. The van der Waals surface area contributed by atoms with Gasteiger partial charge in [0, 0.05) is 16.3 Å². The van der Waals surface area contributed by atoms with Crippen LogP contribution in [0, 0.1) is 5.41 Å². The number of carbonyl (C=O) groups is 2. The van der Waals surface area contributed by atoms with E-state index in [1.54, 1.807) is 6.07 Å². The van der Waals surface area contributed by atoms with Gasteiger partial charge in [-0.25, -0.2) is 9.59 Å². The number of benzene rings is 1. The fourth-order valence-electron chi connectivity index (χ4n) is 1.79. The van der Waals surface area contributed by atoms with Crippen molar-refractivity contribution < 1.29 is 29.6 Å². The first-order valence-corrected chi connectivity index (χ1v) is 6.58. The number of thiophene rings is 1. The van der Waals surface area contributed by atoms with Crippen LogP contribution in [0.2, 0.25) is 0 Å². The monoisotopic (exact) mass is 309 g/mol. The summed E-state index contributed by atoms with van der Waals surface area (Å²) >= 11 is 0.922. The highest BCUT2D eigenvalue weighted by Crippen LogP contribution is 2.39. The number of carboxylic acid groups (broad SMARTS) is 2. The van der Waals surface area contributed by atoms with Gasteiger partial charge in [0.15, 0.2) is 17.2 Å². The molecule has 7 nitrogen and oxygen atoms in total. The Morgan fingerprint density at radius 3 is 2.67 bits per heavy atom. The van der Waals surface area contributed by atoms with E-state index in [1.807, 2.05) is 0 Å². The number of nitrogens with one attached hydrogen (secondary N) is 1. The second-order valence-electron chi connectivity index (χ2n) is 4.11. The van der Waals surface area contributed by atoms with Gasteiger partial charge in [0.2, 0.25) is 0 Å². The van der Waals surface area contributed by atoms with Gasteiger partial charge in [0.1, 0.15) is 6.10 Å². The molecule has 21 heavy (non-hydrogen) atoms. The van der Waals surface area contributed by atoms with Crippen molar-refractivity contribution in [1.29, 1.82) is 5.41 Å². The number of aromatic carboxylic acids is 1. The Kier molecular flexibility index (Phi) is 4.20. The number of fused-ring (bicyclic) bond motifs is 1. The highest BCUT2D eigenvalue weighted by molar-refractivity contribution is 7.21. The van der Waals surface area contributed by atoms with Crippen LogP contribution in [-0.4, -0.2) is 40.1 Å². The Balaban J connectivity index is 2.54. The maximum absolute atomic E-state index is 11.2. The van der Waals surface area contributed by atoms with Crippen LogP contribution in [0.3, 0.4) is 0 Å². The highest BCUT2D eigenvalue weighted by atomic mass is 32.1. The van der Waals surface area contributed by atoms with E-state index in [0.29, 0.717) is 15.6 Å². The van der Waals surface area contributed by atoms with Crippen LogP contribution in [0.15, 0.2) is 18.2 Å². The van der Waals surface area contributed by atoms with Crippen molar-refractivity contribution in [3.63, 3.8) is 0 Å². The molecule has 2 rings (SSSR count). The predicted molar refractivity (Wildman–Crippen MR) is 75.7 cm³/mol. The molecule has 1 aromatic heterocycles. The Morgan fingerprint density at radius 1 is 1.38 bits per heavy atom. The fraction of sp³-hybridized carbons (Fsp3) is 0.154. The van der Waals surface area contributed by atoms with E-state index in [0.717, 1.165) is 17.6 Å².